The van der Waals surface area contributed by atoms with Crippen molar-refractivity contribution in [3.8, 4) is 0 Å². The van der Waals surface area contributed by atoms with Crippen LogP contribution in [-0.4, -0.2) is 101 Å². The van der Waals surface area contributed by atoms with E-state index in [0.717, 1.165) is 101 Å². The Morgan fingerprint density at radius 3 is 2.23 bits per heavy atom. The summed E-state index contributed by atoms with van der Waals surface area (Å²) in [4.78, 5) is 21.9. The number of aromatic nitrogens is 4. The van der Waals surface area contributed by atoms with Crippen molar-refractivity contribution in [1.82, 2.24) is 29.3 Å². The molecular weight excluding hydrogens is 382 g/mol. The van der Waals surface area contributed by atoms with Gasteiger partial charge < -0.3 is 18.9 Å². The predicted octanol–water partition coefficient (Wildman–Crippen LogP) is 0.805. The van der Waals surface area contributed by atoms with Gasteiger partial charge in [-0.1, -0.05) is 0 Å². The number of aryl methyl sites for hydroxylation is 2. The van der Waals surface area contributed by atoms with Crippen molar-refractivity contribution < 1.29 is 9.47 Å². The first-order chi connectivity index (χ1) is 14.7. The predicted molar refractivity (Wildman–Crippen MR) is 115 cm³/mol. The number of piperidine rings is 1. The average Bonchev–Trinajstić information content (AvgIpc) is 3.10. The molecule has 9 heteroatoms. The number of hydrogen-bond acceptors (Lipinski definition) is 8. The second-order valence-electron chi connectivity index (χ2n) is 8.61. The van der Waals surface area contributed by atoms with Gasteiger partial charge in [0.2, 0.25) is 0 Å². The number of morpholine rings is 2. The molecule has 0 spiro atoms. The van der Waals surface area contributed by atoms with Gasteiger partial charge in [0.15, 0.2) is 17.0 Å². The lowest BCUT2D eigenvalue weighted by molar-refractivity contribution is -0.0000147. The average molecular weight is 416 g/mol. The highest BCUT2D eigenvalue weighted by Crippen LogP contribution is 2.26. The Balaban J connectivity index is 1.31. The van der Waals surface area contributed by atoms with E-state index in [-0.39, 0.29) is 0 Å². The highest BCUT2D eigenvalue weighted by atomic mass is 16.5. The minimum absolute atomic E-state index is 0.701. The fourth-order valence-corrected chi connectivity index (χ4v) is 4.92. The van der Waals surface area contributed by atoms with Crippen LogP contribution in [0.5, 0.6) is 0 Å². The summed E-state index contributed by atoms with van der Waals surface area (Å²) < 4.78 is 13.2. The molecule has 0 aromatic carbocycles. The number of anilines is 1. The first-order valence-corrected chi connectivity index (χ1v) is 11.3. The summed E-state index contributed by atoms with van der Waals surface area (Å²) in [5, 5.41) is 0. The first kappa shape index (κ1) is 20.1. The van der Waals surface area contributed by atoms with Gasteiger partial charge in [-0.05, 0) is 19.8 Å². The second-order valence-corrected chi connectivity index (χ2v) is 8.61. The molecule has 0 saturated carbocycles. The summed E-state index contributed by atoms with van der Waals surface area (Å²) in [5.74, 6) is 2.82. The molecule has 3 aliphatic rings. The van der Waals surface area contributed by atoms with Crippen LogP contribution < -0.4 is 4.90 Å². The smallest absolute Gasteiger partial charge is 0.165 e. The van der Waals surface area contributed by atoms with Crippen LogP contribution in [0, 0.1) is 6.92 Å². The Morgan fingerprint density at radius 2 is 1.53 bits per heavy atom. The maximum Gasteiger partial charge on any atom is 0.165 e. The van der Waals surface area contributed by atoms with Crippen LogP contribution in [0.2, 0.25) is 0 Å². The molecule has 0 N–H and O–H groups in total. The van der Waals surface area contributed by atoms with Gasteiger partial charge in [0.1, 0.15) is 11.6 Å². The fourth-order valence-electron chi connectivity index (χ4n) is 4.92. The molecule has 9 nitrogen and oxygen atoms in total. The Hall–Kier alpha value is -1.81. The zero-order valence-electron chi connectivity index (χ0n) is 18.2. The van der Waals surface area contributed by atoms with E-state index in [4.69, 9.17) is 24.4 Å². The van der Waals surface area contributed by atoms with E-state index in [1.165, 1.54) is 12.8 Å². The van der Waals surface area contributed by atoms with Crippen LogP contribution in [0.25, 0.3) is 11.2 Å². The van der Waals surface area contributed by atoms with E-state index >= 15 is 0 Å². The molecule has 0 radical (unpaired) electrons. The Labute approximate surface area is 178 Å². The van der Waals surface area contributed by atoms with Gasteiger partial charge in [0.05, 0.1) is 33.0 Å². The van der Waals surface area contributed by atoms with E-state index in [9.17, 15) is 0 Å². The van der Waals surface area contributed by atoms with Crippen molar-refractivity contribution in [2.75, 3.05) is 70.6 Å². The Morgan fingerprint density at radius 1 is 0.867 bits per heavy atom. The lowest BCUT2D eigenvalue weighted by atomic mass is 10.0. The van der Waals surface area contributed by atoms with Crippen LogP contribution >= 0.6 is 0 Å². The van der Waals surface area contributed by atoms with E-state index < -0.39 is 0 Å². The SMILES string of the molecule is Cc1nc(N2CCOCC2)c2nc(CN3CCC(N4CCOCC4)CC3)n(C)c2n1. The van der Waals surface area contributed by atoms with Crippen LogP contribution in [0.15, 0.2) is 0 Å². The topological polar surface area (TPSA) is 71.8 Å². The van der Waals surface area contributed by atoms with Gasteiger partial charge in [0.25, 0.3) is 0 Å². The van der Waals surface area contributed by atoms with Crippen LogP contribution in [0.1, 0.15) is 24.5 Å². The van der Waals surface area contributed by atoms with Crippen molar-refractivity contribution in [1.29, 1.82) is 0 Å². The number of nitrogens with zero attached hydrogens (tertiary/aromatic N) is 7. The van der Waals surface area contributed by atoms with E-state index in [2.05, 4.69) is 26.3 Å². The highest BCUT2D eigenvalue weighted by molar-refractivity contribution is 5.84. The van der Waals surface area contributed by atoms with Crippen LogP contribution in [0.3, 0.4) is 0 Å². The molecule has 3 aliphatic heterocycles. The van der Waals surface area contributed by atoms with Crippen LogP contribution in [0.4, 0.5) is 5.82 Å². The van der Waals surface area contributed by atoms with Gasteiger partial charge in [-0.25, -0.2) is 15.0 Å². The molecule has 30 heavy (non-hydrogen) atoms. The standard InChI is InChI=1S/C21H33N7O2/c1-16-22-20-19(21(23-16)28-9-13-30-14-10-28)24-18(25(20)2)15-26-5-3-17(4-6-26)27-7-11-29-12-8-27/h17H,3-15H2,1-2H3. The maximum absolute atomic E-state index is 5.52. The molecule has 164 valence electrons. The number of fused-ring (bicyclic) bond motifs is 1. The molecule has 0 unspecified atom stereocenters. The van der Waals surface area contributed by atoms with Crippen molar-refractivity contribution in [2.24, 2.45) is 7.05 Å². The quantitative estimate of drug-likeness (QED) is 0.726. The van der Waals surface area contributed by atoms with Crippen molar-refractivity contribution in [3.63, 3.8) is 0 Å². The monoisotopic (exact) mass is 415 g/mol. The fraction of sp³-hybridized carbons (Fsp3) is 0.762. The van der Waals surface area contributed by atoms with E-state index in [1.54, 1.807) is 0 Å². The van der Waals surface area contributed by atoms with Gasteiger partial charge >= 0.3 is 0 Å². The summed E-state index contributed by atoms with van der Waals surface area (Å²) in [6.07, 6.45) is 2.45. The zero-order chi connectivity index (χ0) is 20.5. The van der Waals surface area contributed by atoms with Crippen molar-refractivity contribution >= 4 is 17.0 Å². The number of hydrogen-bond donors (Lipinski definition) is 0. The van der Waals surface area contributed by atoms with E-state index in [1.807, 2.05) is 6.92 Å². The molecule has 2 aromatic heterocycles. The van der Waals surface area contributed by atoms with Crippen molar-refractivity contribution in [2.45, 2.75) is 32.4 Å². The zero-order valence-corrected chi connectivity index (χ0v) is 18.2. The highest BCUT2D eigenvalue weighted by Gasteiger charge is 2.27. The molecule has 0 aliphatic carbocycles. The van der Waals surface area contributed by atoms with Gasteiger partial charge in [-0.2, -0.15) is 0 Å². The molecule has 5 rings (SSSR count). The molecule has 3 fully saturated rings. The third-order valence-electron chi connectivity index (χ3n) is 6.70. The third kappa shape index (κ3) is 4.03. The number of rotatable bonds is 4. The number of imidazole rings is 1. The third-order valence-corrected chi connectivity index (χ3v) is 6.70. The molecule has 5 heterocycles. The van der Waals surface area contributed by atoms with Gasteiger partial charge in [-0.15, -0.1) is 0 Å². The lowest BCUT2D eigenvalue weighted by Crippen LogP contribution is -2.48. The molecule has 0 bridgehead atoms. The number of ether oxygens (including phenoxy) is 2. The first-order valence-electron chi connectivity index (χ1n) is 11.3. The summed E-state index contributed by atoms with van der Waals surface area (Å²) >= 11 is 0. The molecule has 2 aromatic rings. The van der Waals surface area contributed by atoms with Gasteiger partial charge in [0, 0.05) is 52.4 Å². The second kappa shape index (κ2) is 8.74. The lowest BCUT2D eigenvalue weighted by Gasteiger charge is -2.39. The van der Waals surface area contributed by atoms with Crippen LogP contribution in [-0.2, 0) is 23.1 Å². The van der Waals surface area contributed by atoms with E-state index in [0.29, 0.717) is 6.04 Å². The minimum Gasteiger partial charge on any atom is -0.379 e. The maximum atomic E-state index is 5.52. The largest absolute Gasteiger partial charge is 0.379 e. The Bertz CT molecular complexity index is 866. The molecule has 0 atom stereocenters. The minimum atomic E-state index is 0.701. The molecular formula is C21H33N7O2. The summed E-state index contributed by atoms with van der Waals surface area (Å²) in [6.45, 7) is 12.2. The summed E-state index contributed by atoms with van der Waals surface area (Å²) in [5.41, 5.74) is 1.85. The van der Waals surface area contributed by atoms with Gasteiger partial charge in [-0.3, -0.25) is 9.80 Å². The summed E-state index contributed by atoms with van der Waals surface area (Å²) in [6, 6.07) is 0.701. The molecule has 3 saturated heterocycles. The Kier molecular flexibility index (Phi) is 5.86. The molecule has 0 amide bonds. The van der Waals surface area contributed by atoms with Crippen molar-refractivity contribution in [3.05, 3.63) is 11.6 Å². The number of likely N-dealkylation sites (tertiary alicyclic amines) is 1. The summed E-state index contributed by atoms with van der Waals surface area (Å²) in [7, 11) is 2.08. The normalized spacial score (nSPS) is 22.8.